The molecule has 0 radical (unpaired) electrons. The molecule has 3 aromatic rings. The fraction of sp³-hybridized carbons (Fsp3) is 0.250. The van der Waals surface area contributed by atoms with Crippen molar-refractivity contribution in [1.82, 2.24) is 4.72 Å². The highest BCUT2D eigenvalue weighted by Gasteiger charge is 2.38. The predicted molar refractivity (Wildman–Crippen MR) is 120 cm³/mol. The maximum atomic E-state index is 12.9. The number of benzene rings is 3. The zero-order valence-corrected chi connectivity index (χ0v) is 19.5. The molecule has 0 bridgehead atoms. The first-order valence-corrected chi connectivity index (χ1v) is 12.3. The lowest BCUT2D eigenvalue weighted by Crippen LogP contribution is -2.43. The van der Waals surface area contributed by atoms with Crippen molar-refractivity contribution in [3.8, 4) is 11.5 Å². The van der Waals surface area contributed by atoms with Crippen LogP contribution in [0.4, 0.5) is 26.3 Å². The van der Waals surface area contributed by atoms with Crippen molar-refractivity contribution in [2.45, 2.75) is 24.6 Å². The fourth-order valence-electron chi connectivity index (χ4n) is 3.82. The van der Waals surface area contributed by atoms with Crippen LogP contribution in [-0.4, -0.2) is 33.9 Å². The topological polar surface area (TPSA) is 64.6 Å². The van der Waals surface area contributed by atoms with Crippen molar-refractivity contribution >= 4 is 10.0 Å². The molecule has 1 N–H and O–H groups in total. The summed E-state index contributed by atoms with van der Waals surface area (Å²) >= 11 is 0. The molecule has 36 heavy (non-hydrogen) atoms. The van der Waals surface area contributed by atoms with Gasteiger partial charge in [0.05, 0.1) is 6.26 Å². The van der Waals surface area contributed by atoms with Gasteiger partial charge in [-0.2, -0.15) is 0 Å². The third-order valence-corrected chi connectivity index (χ3v) is 5.89. The summed E-state index contributed by atoms with van der Waals surface area (Å²) in [4.78, 5) is 0. The number of alkyl halides is 6. The van der Waals surface area contributed by atoms with E-state index in [-0.39, 0.29) is 24.1 Å². The minimum absolute atomic E-state index is 0.0152. The van der Waals surface area contributed by atoms with Crippen molar-refractivity contribution < 1.29 is 44.2 Å². The number of rotatable bonds is 9. The van der Waals surface area contributed by atoms with E-state index in [4.69, 9.17) is 0 Å². The summed E-state index contributed by atoms with van der Waals surface area (Å²) < 4.78 is 112. The Morgan fingerprint density at radius 1 is 0.722 bits per heavy atom. The summed E-state index contributed by atoms with van der Waals surface area (Å²) in [6.07, 6.45) is -9.08. The molecular weight excluding hydrogens is 512 g/mol. The van der Waals surface area contributed by atoms with Crippen molar-refractivity contribution in [3.63, 3.8) is 0 Å². The van der Waals surface area contributed by atoms with Crippen LogP contribution in [-0.2, 0) is 21.9 Å². The molecule has 0 heterocycles. The Bertz CT molecular complexity index is 1220. The van der Waals surface area contributed by atoms with E-state index in [1.807, 2.05) is 0 Å². The van der Waals surface area contributed by atoms with Gasteiger partial charge in [-0.05, 0) is 47.4 Å². The van der Waals surface area contributed by atoms with Crippen LogP contribution in [0, 0.1) is 0 Å². The van der Waals surface area contributed by atoms with Crippen molar-refractivity contribution in [1.29, 1.82) is 0 Å². The lowest BCUT2D eigenvalue weighted by Gasteiger charge is -2.36. The first kappa shape index (κ1) is 27.3. The lowest BCUT2D eigenvalue weighted by atomic mass is 9.70. The van der Waals surface area contributed by atoms with Crippen LogP contribution < -0.4 is 14.2 Å². The Labute approximate surface area is 203 Å². The smallest absolute Gasteiger partial charge is 0.406 e. The highest BCUT2D eigenvalue weighted by Crippen LogP contribution is 2.40. The summed E-state index contributed by atoms with van der Waals surface area (Å²) in [6.45, 7) is -0.383. The molecule has 12 heteroatoms. The van der Waals surface area contributed by atoms with Gasteiger partial charge >= 0.3 is 12.7 Å². The summed E-state index contributed by atoms with van der Waals surface area (Å²) in [5, 5.41) is 0. The van der Waals surface area contributed by atoms with Gasteiger partial charge < -0.3 is 9.47 Å². The van der Waals surface area contributed by atoms with E-state index in [1.54, 1.807) is 30.3 Å². The van der Waals surface area contributed by atoms with Gasteiger partial charge in [0.1, 0.15) is 11.5 Å². The molecule has 5 nitrogen and oxygen atoms in total. The van der Waals surface area contributed by atoms with Gasteiger partial charge in [0.25, 0.3) is 0 Å². The molecule has 194 valence electrons. The van der Waals surface area contributed by atoms with Crippen molar-refractivity contribution in [3.05, 3.63) is 95.6 Å². The molecule has 0 atom stereocenters. The Hall–Kier alpha value is -3.25. The second kappa shape index (κ2) is 10.4. The molecule has 0 aliphatic rings. The maximum absolute atomic E-state index is 12.9. The van der Waals surface area contributed by atoms with Crippen LogP contribution in [0.25, 0.3) is 0 Å². The summed E-state index contributed by atoms with van der Waals surface area (Å²) in [5.41, 5.74) is -0.459. The highest BCUT2D eigenvalue weighted by molar-refractivity contribution is 7.88. The Morgan fingerprint density at radius 3 is 1.61 bits per heavy atom. The average molecular weight is 533 g/mol. The predicted octanol–water partition coefficient (Wildman–Crippen LogP) is 5.56. The zero-order valence-electron chi connectivity index (χ0n) is 18.7. The molecule has 3 aromatic carbocycles. The first-order chi connectivity index (χ1) is 16.7. The molecule has 0 aliphatic heterocycles. The quantitative estimate of drug-likeness (QED) is 0.366. The minimum atomic E-state index is -4.99. The van der Waals surface area contributed by atoms with Gasteiger partial charge in [0, 0.05) is 12.0 Å². The van der Waals surface area contributed by atoms with Crippen molar-refractivity contribution in [2.75, 3.05) is 12.8 Å². The number of nitrogens with one attached hydrogen (secondary N) is 1. The van der Waals surface area contributed by atoms with E-state index >= 15 is 0 Å². The second-order valence-electron chi connectivity index (χ2n) is 7.99. The third-order valence-electron chi connectivity index (χ3n) is 5.23. The van der Waals surface area contributed by atoms with Crippen LogP contribution in [0.3, 0.4) is 0 Å². The Morgan fingerprint density at radius 2 is 1.19 bits per heavy atom. The molecule has 3 rings (SSSR count). The van der Waals surface area contributed by atoms with Crippen LogP contribution in [0.2, 0.25) is 0 Å². The molecule has 0 aliphatic carbocycles. The largest absolute Gasteiger partial charge is 0.573 e. The van der Waals surface area contributed by atoms with Gasteiger partial charge in [-0.15, -0.1) is 26.3 Å². The number of hydrogen-bond acceptors (Lipinski definition) is 4. The minimum Gasteiger partial charge on any atom is -0.406 e. The summed E-state index contributed by atoms with van der Waals surface area (Å²) in [7, 11) is -3.82. The Balaban J connectivity index is 2.25. The molecule has 0 spiro atoms. The second-order valence-corrected chi connectivity index (χ2v) is 9.82. The summed E-state index contributed by atoms with van der Waals surface area (Å²) in [5.74, 6) is -1.14. The number of halogens is 6. The average Bonchev–Trinajstić information content (AvgIpc) is 2.75. The van der Waals surface area contributed by atoms with Gasteiger partial charge in [-0.1, -0.05) is 54.6 Å². The van der Waals surface area contributed by atoms with Gasteiger partial charge in [-0.25, -0.2) is 13.1 Å². The highest BCUT2D eigenvalue weighted by atomic mass is 32.2. The molecule has 0 saturated heterocycles. The van der Waals surface area contributed by atoms with E-state index in [1.165, 1.54) is 24.3 Å². The Kier molecular flexibility index (Phi) is 7.89. The maximum Gasteiger partial charge on any atom is 0.573 e. The molecular formula is C24H21F6NO4S. The standard InChI is InChI=1S/C24H21F6NO4S/c1-36(32,33)31-16-22(15-17-7-3-2-4-8-17,18-9-5-11-20(13-18)34-23(25,26)27)19-10-6-12-21(14-19)35-24(28,29)30/h2-14,31H,15-16H2,1H3. The monoisotopic (exact) mass is 533 g/mol. The van der Waals surface area contributed by atoms with E-state index in [2.05, 4.69) is 14.2 Å². The van der Waals surface area contributed by atoms with Crippen LogP contribution >= 0.6 is 0 Å². The van der Waals surface area contributed by atoms with Gasteiger partial charge in [0.2, 0.25) is 10.0 Å². The molecule has 0 aromatic heterocycles. The molecule has 0 amide bonds. The summed E-state index contributed by atoms with van der Waals surface area (Å²) in [6, 6.07) is 18.3. The fourth-order valence-corrected chi connectivity index (χ4v) is 4.33. The molecule has 0 fully saturated rings. The SMILES string of the molecule is CS(=O)(=O)NCC(Cc1ccccc1)(c1cccc(OC(F)(F)F)c1)c1cccc(OC(F)(F)F)c1. The molecule has 0 unspecified atom stereocenters. The van der Waals surface area contributed by atoms with Crippen molar-refractivity contribution in [2.24, 2.45) is 0 Å². The van der Waals surface area contributed by atoms with Crippen LogP contribution in [0.1, 0.15) is 16.7 Å². The lowest BCUT2D eigenvalue weighted by molar-refractivity contribution is -0.275. The number of hydrogen-bond donors (Lipinski definition) is 1. The van der Waals surface area contributed by atoms with Gasteiger partial charge in [0.15, 0.2) is 0 Å². The number of ether oxygens (including phenoxy) is 2. The van der Waals surface area contributed by atoms with Crippen LogP contribution in [0.5, 0.6) is 11.5 Å². The number of sulfonamides is 1. The van der Waals surface area contributed by atoms with Crippen LogP contribution in [0.15, 0.2) is 78.9 Å². The molecule has 0 saturated carbocycles. The first-order valence-electron chi connectivity index (χ1n) is 10.4. The normalized spacial score (nSPS) is 12.9. The van der Waals surface area contributed by atoms with E-state index in [9.17, 15) is 34.8 Å². The van der Waals surface area contributed by atoms with E-state index in [0.29, 0.717) is 5.56 Å². The third kappa shape index (κ3) is 7.89. The zero-order chi connectivity index (χ0) is 26.6. The van der Waals surface area contributed by atoms with E-state index in [0.717, 1.165) is 30.5 Å². The van der Waals surface area contributed by atoms with E-state index < -0.39 is 39.7 Å². The van der Waals surface area contributed by atoms with Gasteiger partial charge in [-0.3, -0.25) is 0 Å².